The molecule has 0 bridgehead atoms. The lowest BCUT2D eigenvalue weighted by atomic mass is 10.0. The SMILES string of the molecule is O=C(NC[C@H]1CCCOC1)c1cccc(-c2ccc3ncccc3c2)c1. The Bertz CT molecular complexity index is 917. The van der Waals surface area contributed by atoms with E-state index in [9.17, 15) is 4.79 Å². The minimum atomic E-state index is -0.0279. The molecule has 4 rings (SSSR count). The maximum Gasteiger partial charge on any atom is 0.251 e. The zero-order valence-corrected chi connectivity index (χ0v) is 14.7. The summed E-state index contributed by atoms with van der Waals surface area (Å²) < 4.78 is 5.48. The van der Waals surface area contributed by atoms with Gasteiger partial charge in [0.15, 0.2) is 0 Å². The highest BCUT2D eigenvalue weighted by molar-refractivity contribution is 5.95. The molecule has 4 nitrogen and oxygen atoms in total. The van der Waals surface area contributed by atoms with Crippen LogP contribution in [0.1, 0.15) is 23.2 Å². The summed E-state index contributed by atoms with van der Waals surface area (Å²) in [7, 11) is 0. The number of nitrogens with one attached hydrogen (secondary N) is 1. The van der Waals surface area contributed by atoms with Gasteiger partial charge in [-0.25, -0.2) is 0 Å². The van der Waals surface area contributed by atoms with Gasteiger partial charge in [-0.15, -0.1) is 0 Å². The molecule has 1 aliphatic rings. The van der Waals surface area contributed by atoms with Crippen molar-refractivity contribution in [1.29, 1.82) is 0 Å². The van der Waals surface area contributed by atoms with Crippen molar-refractivity contribution in [3.63, 3.8) is 0 Å². The predicted octanol–water partition coefficient (Wildman–Crippen LogP) is 4.06. The van der Waals surface area contributed by atoms with Gasteiger partial charge in [-0.1, -0.05) is 24.3 Å². The molecular weight excluding hydrogens is 324 g/mol. The number of hydrogen-bond donors (Lipinski definition) is 1. The third-order valence-corrected chi connectivity index (χ3v) is 4.87. The van der Waals surface area contributed by atoms with E-state index in [0.29, 0.717) is 18.0 Å². The molecule has 1 aliphatic heterocycles. The Hall–Kier alpha value is -2.72. The first-order valence-corrected chi connectivity index (χ1v) is 9.11. The molecule has 0 saturated carbocycles. The molecule has 1 saturated heterocycles. The monoisotopic (exact) mass is 346 g/mol. The fourth-order valence-electron chi connectivity index (χ4n) is 3.40. The summed E-state index contributed by atoms with van der Waals surface area (Å²) in [4.78, 5) is 16.9. The smallest absolute Gasteiger partial charge is 0.251 e. The average Bonchev–Trinajstić information content (AvgIpc) is 2.72. The number of aromatic nitrogens is 1. The fraction of sp³-hybridized carbons (Fsp3) is 0.273. The number of ether oxygens (including phenoxy) is 1. The first kappa shape index (κ1) is 16.7. The standard InChI is InChI=1S/C22H22N2O2/c25-22(24-14-16-4-3-11-26-15-16)20-6-1-5-17(13-20)18-8-9-21-19(12-18)7-2-10-23-21/h1-2,5-10,12-13,16H,3-4,11,14-15H2,(H,24,25)/t16-/m1/s1. The van der Waals surface area contributed by atoms with Crippen molar-refractivity contribution in [2.24, 2.45) is 5.92 Å². The van der Waals surface area contributed by atoms with Crippen LogP contribution in [-0.2, 0) is 4.74 Å². The first-order valence-electron chi connectivity index (χ1n) is 9.11. The molecule has 0 spiro atoms. The summed E-state index contributed by atoms with van der Waals surface area (Å²) in [5.41, 5.74) is 3.77. The normalized spacial score (nSPS) is 17.2. The van der Waals surface area contributed by atoms with Crippen LogP contribution in [0.25, 0.3) is 22.0 Å². The van der Waals surface area contributed by atoms with Gasteiger partial charge in [-0.2, -0.15) is 0 Å². The Morgan fingerprint density at radius 1 is 1.12 bits per heavy atom. The lowest BCUT2D eigenvalue weighted by Crippen LogP contribution is -2.33. The largest absolute Gasteiger partial charge is 0.381 e. The van der Waals surface area contributed by atoms with E-state index in [-0.39, 0.29) is 5.91 Å². The lowest BCUT2D eigenvalue weighted by molar-refractivity contribution is 0.0536. The quantitative estimate of drug-likeness (QED) is 0.775. The van der Waals surface area contributed by atoms with Crippen LogP contribution in [-0.4, -0.2) is 30.6 Å². The Morgan fingerprint density at radius 3 is 2.92 bits per heavy atom. The van der Waals surface area contributed by atoms with Crippen molar-refractivity contribution in [3.8, 4) is 11.1 Å². The Balaban J connectivity index is 1.50. The molecule has 132 valence electrons. The van der Waals surface area contributed by atoms with E-state index in [1.165, 1.54) is 0 Å². The highest BCUT2D eigenvalue weighted by Crippen LogP contribution is 2.24. The third-order valence-electron chi connectivity index (χ3n) is 4.87. The maximum atomic E-state index is 12.5. The van der Waals surface area contributed by atoms with Gasteiger partial charge in [-0.3, -0.25) is 9.78 Å². The zero-order valence-electron chi connectivity index (χ0n) is 14.7. The van der Waals surface area contributed by atoms with Crippen LogP contribution in [0.3, 0.4) is 0 Å². The van der Waals surface area contributed by atoms with Crippen molar-refractivity contribution in [3.05, 3.63) is 66.4 Å². The first-order chi connectivity index (χ1) is 12.8. The summed E-state index contributed by atoms with van der Waals surface area (Å²) in [6, 6.07) is 17.9. The average molecular weight is 346 g/mol. The lowest BCUT2D eigenvalue weighted by Gasteiger charge is -2.22. The van der Waals surface area contributed by atoms with Gasteiger partial charge in [0.05, 0.1) is 12.1 Å². The van der Waals surface area contributed by atoms with Crippen LogP contribution in [0.2, 0.25) is 0 Å². The van der Waals surface area contributed by atoms with Crippen molar-refractivity contribution in [2.75, 3.05) is 19.8 Å². The second-order valence-corrected chi connectivity index (χ2v) is 6.78. The Kier molecular flexibility index (Phi) is 4.93. The summed E-state index contributed by atoms with van der Waals surface area (Å²) in [5, 5.41) is 4.14. The van der Waals surface area contributed by atoms with E-state index >= 15 is 0 Å². The van der Waals surface area contributed by atoms with Crippen molar-refractivity contribution in [2.45, 2.75) is 12.8 Å². The van der Waals surface area contributed by atoms with Gasteiger partial charge >= 0.3 is 0 Å². The van der Waals surface area contributed by atoms with Crippen LogP contribution in [0.4, 0.5) is 0 Å². The molecule has 1 N–H and O–H groups in total. The molecule has 2 aromatic carbocycles. The van der Waals surface area contributed by atoms with E-state index in [1.807, 2.05) is 42.5 Å². The number of hydrogen-bond acceptors (Lipinski definition) is 3. The molecule has 1 fully saturated rings. The molecule has 2 heterocycles. The molecule has 4 heteroatoms. The van der Waals surface area contributed by atoms with E-state index < -0.39 is 0 Å². The maximum absolute atomic E-state index is 12.5. The summed E-state index contributed by atoms with van der Waals surface area (Å²) in [6.45, 7) is 2.25. The van der Waals surface area contributed by atoms with Gasteiger partial charge in [0.1, 0.15) is 0 Å². The van der Waals surface area contributed by atoms with Gasteiger partial charge in [0.2, 0.25) is 0 Å². The number of amides is 1. The topological polar surface area (TPSA) is 51.2 Å². The Morgan fingerprint density at radius 2 is 2.04 bits per heavy atom. The molecule has 0 radical (unpaired) electrons. The number of pyridine rings is 1. The summed E-state index contributed by atoms with van der Waals surface area (Å²) in [6.07, 6.45) is 3.99. The number of nitrogens with zero attached hydrogens (tertiary/aromatic N) is 1. The van der Waals surface area contributed by atoms with Crippen LogP contribution < -0.4 is 5.32 Å². The number of carbonyl (C=O) groups is 1. The number of carbonyl (C=O) groups excluding carboxylic acids is 1. The van der Waals surface area contributed by atoms with E-state index in [0.717, 1.165) is 48.1 Å². The predicted molar refractivity (Wildman–Crippen MR) is 103 cm³/mol. The van der Waals surface area contributed by atoms with Crippen LogP contribution in [0, 0.1) is 5.92 Å². The minimum absolute atomic E-state index is 0.0279. The second-order valence-electron chi connectivity index (χ2n) is 6.78. The molecule has 1 amide bonds. The molecule has 1 atom stereocenters. The van der Waals surface area contributed by atoms with E-state index in [4.69, 9.17) is 4.74 Å². The Labute approximate surface area is 153 Å². The molecular formula is C22H22N2O2. The molecule has 3 aromatic rings. The minimum Gasteiger partial charge on any atom is -0.381 e. The highest BCUT2D eigenvalue weighted by Gasteiger charge is 2.15. The molecule has 26 heavy (non-hydrogen) atoms. The second kappa shape index (κ2) is 7.67. The van der Waals surface area contributed by atoms with Crippen LogP contribution >= 0.6 is 0 Å². The van der Waals surface area contributed by atoms with E-state index in [1.54, 1.807) is 6.20 Å². The highest BCUT2D eigenvalue weighted by atomic mass is 16.5. The van der Waals surface area contributed by atoms with Gasteiger partial charge in [-0.05, 0) is 60.2 Å². The molecule has 0 unspecified atom stereocenters. The number of rotatable bonds is 4. The summed E-state index contributed by atoms with van der Waals surface area (Å²) in [5.74, 6) is 0.392. The van der Waals surface area contributed by atoms with Crippen LogP contribution in [0.15, 0.2) is 60.8 Å². The van der Waals surface area contributed by atoms with Gasteiger partial charge in [0, 0.05) is 30.3 Å². The molecule has 1 aromatic heterocycles. The number of fused-ring (bicyclic) bond motifs is 1. The van der Waals surface area contributed by atoms with Crippen LogP contribution in [0.5, 0.6) is 0 Å². The molecule has 0 aliphatic carbocycles. The van der Waals surface area contributed by atoms with Crippen molar-refractivity contribution >= 4 is 16.8 Å². The summed E-state index contributed by atoms with van der Waals surface area (Å²) >= 11 is 0. The van der Waals surface area contributed by atoms with E-state index in [2.05, 4.69) is 22.4 Å². The zero-order chi connectivity index (χ0) is 17.8. The van der Waals surface area contributed by atoms with Crippen molar-refractivity contribution in [1.82, 2.24) is 10.3 Å². The third kappa shape index (κ3) is 3.75. The van der Waals surface area contributed by atoms with Crippen molar-refractivity contribution < 1.29 is 9.53 Å². The number of benzene rings is 2. The fourth-order valence-corrected chi connectivity index (χ4v) is 3.40. The van der Waals surface area contributed by atoms with Gasteiger partial charge < -0.3 is 10.1 Å². The van der Waals surface area contributed by atoms with Gasteiger partial charge in [0.25, 0.3) is 5.91 Å².